The molecule has 2 atom stereocenters. The monoisotopic (exact) mass is 466 g/mol. The first kappa shape index (κ1) is 21.9. The Morgan fingerprint density at radius 1 is 1.25 bits per heavy atom. The third-order valence-electron chi connectivity index (χ3n) is 5.15. The summed E-state index contributed by atoms with van der Waals surface area (Å²) >= 11 is 5.65. The van der Waals surface area contributed by atoms with E-state index < -0.39 is 28.9 Å². The van der Waals surface area contributed by atoms with Gasteiger partial charge in [0.05, 0.1) is 24.9 Å². The van der Waals surface area contributed by atoms with E-state index in [0.29, 0.717) is 36.0 Å². The second-order valence-electron chi connectivity index (χ2n) is 7.15. The molecule has 11 heteroatoms. The van der Waals surface area contributed by atoms with E-state index in [1.165, 1.54) is 24.4 Å². The molecule has 7 nitrogen and oxygen atoms in total. The summed E-state index contributed by atoms with van der Waals surface area (Å²) in [6, 6.07) is 5.36. The third-order valence-corrected chi connectivity index (χ3v) is 5.50. The lowest BCUT2D eigenvalue weighted by Crippen LogP contribution is -2.46. The fourth-order valence-electron chi connectivity index (χ4n) is 3.46. The van der Waals surface area contributed by atoms with Crippen LogP contribution in [0, 0.1) is 11.6 Å². The highest BCUT2D eigenvalue weighted by Gasteiger charge is 2.31. The molecule has 1 amide bonds. The molecule has 32 heavy (non-hydrogen) atoms. The molecule has 3 aromatic rings. The number of rotatable bonds is 6. The molecule has 1 saturated heterocycles. The first-order chi connectivity index (χ1) is 15.4. The number of carbonyl (C=O) groups is 1. The van der Waals surface area contributed by atoms with Crippen LogP contribution in [0.3, 0.4) is 0 Å². The lowest BCUT2D eigenvalue weighted by Gasteiger charge is -2.32. The van der Waals surface area contributed by atoms with Crippen molar-refractivity contribution in [2.75, 3.05) is 25.5 Å². The van der Waals surface area contributed by atoms with E-state index in [4.69, 9.17) is 21.1 Å². The van der Waals surface area contributed by atoms with E-state index in [2.05, 4.69) is 15.3 Å². The van der Waals surface area contributed by atoms with Crippen LogP contribution in [-0.4, -0.2) is 53.8 Å². The molecular weight excluding hydrogens is 449 g/mol. The topological polar surface area (TPSA) is 76.6 Å². The number of piperidine rings is 1. The van der Waals surface area contributed by atoms with Gasteiger partial charge < -0.3 is 19.7 Å². The molecule has 0 aliphatic carbocycles. The highest BCUT2D eigenvalue weighted by atomic mass is 35.5. The smallest absolute Gasteiger partial charge is 0.209 e. The summed E-state index contributed by atoms with van der Waals surface area (Å²) in [5.74, 6) is -1.09. The number of aromatic nitrogens is 2. The Morgan fingerprint density at radius 3 is 2.78 bits per heavy atom. The SMILES string of the molecule is COc1cc2ncnc(Nc3ccc(F)c(Cl)c3F)c2cc1OC1CCN(C=O)CC1F. The zero-order valence-electron chi connectivity index (χ0n) is 16.8. The Labute approximate surface area is 186 Å². The van der Waals surface area contributed by atoms with Crippen LogP contribution >= 0.6 is 11.6 Å². The summed E-state index contributed by atoms with van der Waals surface area (Å²) in [4.78, 5) is 20.6. The Morgan fingerprint density at radius 2 is 2.06 bits per heavy atom. The molecular formula is C21H18ClF3N4O3. The maximum absolute atomic E-state index is 14.5. The van der Waals surface area contributed by atoms with Crippen molar-refractivity contribution in [1.29, 1.82) is 0 Å². The van der Waals surface area contributed by atoms with Crippen molar-refractivity contribution in [2.24, 2.45) is 0 Å². The number of halogens is 4. The standard InChI is InChI=1S/C21H18ClF3N4O3/c1-31-17-7-15-11(6-18(17)32-16-4-5-29(10-30)8-13(16)24)21(27-9-26-15)28-14-3-2-12(23)19(22)20(14)25/h2-3,6-7,9-10,13,16H,4-5,8H2,1H3,(H,26,27,28). The number of fused-ring (bicyclic) bond motifs is 1. The Balaban J connectivity index is 1.69. The minimum Gasteiger partial charge on any atom is -0.493 e. The zero-order valence-corrected chi connectivity index (χ0v) is 17.6. The first-order valence-electron chi connectivity index (χ1n) is 9.64. The van der Waals surface area contributed by atoms with Crippen molar-refractivity contribution in [2.45, 2.75) is 18.7 Å². The van der Waals surface area contributed by atoms with Gasteiger partial charge >= 0.3 is 0 Å². The van der Waals surface area contributed by atoms with Crippen molar-refractivity contribution in [3.05, 3.63) is 47.2 Å². The number of anilines is 2. The number of nitrogens with zero attached hydrogens (tertiary/aromatic N) is 3. The number of ether oxygens (including phenoxy) is 2. The van der Waals surface area contributed by atoms with Gasteiger partial charge in [-0.25, -0.2) is 23.1 Å². The molecule has 0 radical (unpaired) electrons. The van der Waals surface area contributed by atoms with Gasteiger partial charge in [0.2, 0.25) is 6.41 Å². The number of alkyl halides is 1. The lowest BCUT2D eigenvalue weighted by atomic mass is 10.1. The maximum atomic E-state index is 14.5. The molecule has 4 rings (SSSR count). The highest BCUT2D eigenvalue weighted by Crippen LogP contribution is 2.37. The van der Waals surface area contributed by atoms with E-state index in [9.17, 15) is 18.0 Å². The van der Waals surface area contributed by atoms with E-state index in [-0.39, 0.29) is 23.8 Å². The molecule has 2 unspecified atom stereocenters. The van der Waals surface area contributed by atoms with Crippen LogP contribution in [0.4, 0.5) is 24.7 Å². The second kappa shape index (κ2) is 9.07. The highest BCUT2D eigenvalue weighted by molar-refractivity contribution is 6.31. The van der Waals surface area contributed by atoms with Crippen molar-refractivity contribution in [1.82, 2.24) is 14.9 Å². The number of amides is 1. The number of benzene rings is 2. The number of nitrogens with one attached hydrogen (secondary N) is 1. The first-order valence-corrected chi connectivity index (χ1v) is 10.0. The van der Waals surface area contributed by atoms with Crippen LogP contribution in [0.15, 0.2) is 30.6 Å². The van der Waals surface area contributed by atoms with E-state index >= 15 is 0 Å². The average Bonchev–Trinajstić information content (AvgIpc) is 2.80. The summed E-state index contributed by atoms with van der Waals surface area (Å²) in [5.41, 5.74) is 0.368. The van der Waals surface area contributed by atoms with Gasteiger partial charge in [-0.05, 0) is 18.2 Å². The maximum Gasteiger partial charge on any atom is 0.209 e. The summed E-state index contributed by atoms with van der Waals surface area (Å²) in [6.45, 7) is 0.301. The Hall–Kier alpha value is -3.27. The third kappa shape index (κ3) is 4.22. The summed E-state index contributed by atoms with van der Waals surface area (Å²) in [7, 11) is 1.44. The predicted octanol–water partition coefficient (Wildman–Crippen LogP) is 4.26. The fraction of sp³-hybridized carbons (Fsp3) is 0.286. The molecule has 1 aromatic heterocycles. The number of methoxy groups -OCH3 is 1. The quantitative estimate of drug-likeness (QED) is 0.432. The molecule has 1 N–H and O–H groups in total. The van der Waals surface area contributed by atoms with Gasteiger partial charge in [0.1, 0.15) is 29.1 Å². The molecule has 168 valence electrons. The van der Waals surface area contributed by atoms with Gasteiger partial charge in [0.25, 0.3) is 0 Å². The van der Waals surface area contributed by atoms with E-state index in [0.717, 1.165) is 6.07 Å². The number of hydrogen-bond donors (Lipinski definition) is 1. The van der Waals surface area contributed by atoms with E-state index in [1.807, 2.05) is 0 Å². The van der Waals surface area contributed by atoms with Gasteiger partial charge in [-0.15, -0.1) is 0 Å². The molecule has 1 fully saturated rings. The van der Waals surface area contributed by atoms with Crippen molar-refractivity contribution >= 4 is 40.4 Å². The van der Waals surface area contributed by atoms with Gasteiger partial charge in [0, 0.05) is 24.4 Å². The number of likely N-dealkylation sites (tertiary alicyclic amines) is 1. The summed E-state index contributed by atoms with van der Waals surface area (Å²) < 4.78 is 53.6. The molecule has 2 aromatic carbocycles. The fourth-order valence-corrected chi connectivity index (χ4v) is 3.63. The van der Waals surface area contributed by atoms with Crippen LogP contribution in [0.2, 0.25) is 5.02 Å². The van der Waals surface area contributed by atoms with Gasteiger partial charge in [-0.3, -0.25) is 4.79 Å². The van der Waals surface area contributed by atoms with Gasteiger partial charge in [0.15, 0.2) is 23.5 Å². The van der Waals surface area contributed by atoms with Gasteiger partial charge in [-0.1, -0.05) is 11.6 Å². The Kier molecular flexibility index (Phi) is 6.22. The summed E-state index contributed by atoms with van der Waals surface area (Å²) in [6.07, 6.45) is 0.00794. The second-order valence-corrected chi connectivity index (χ2v) is 7.53. The largest absolute Gasteiger partial charge is 0.493 e. The molecule has 0 saturated carbocycles. The van der Waals surface area contributed by atoms with Crippen LogP contribution in [0.5, 0.6) is 11.5 Å². The zero-order chi connectivity index (χ0) is 22.8. The van der Waals surface area contributed by atoms with Crippen LogP contribution < -0.4 is 14.8 Å². The van der Waals surface area contributed by atoms with Crippen molar-refractivity contribution in [3.63, 3.8) is 0 Å². The predicted molar refractivity (Wildman–Crippen MR) is 112 cm³/mol. The molecule has 2 heterocycles. The average molecular weight is 467 g/mol. The summed E-state index contributed by atoms with van der Waals surface area (Å²) in [5, 5.41) is 2.57. The van der Waals surface area contributed by atoms with Gasteiger partial charge in [-0.2, -0.15) is 0 Å². The number of hydrogen-bond acceptors (Lipinski definition) is 6. The number of carbonyl (C=O) groups excluding carboxylic acids is 1. The van der Waals surface area contributed by atoms with Crippen LogP contribution in [0.1, 0.15) is 6.42 Å². The van der Waals surface area contributed by atoms with Crippen LogP contribution in [0.25, 0.3) is 10.9 Å². The normalized spacial score (nSPS) is 18.5. The molecule has 1 aliphatic heterocycles. The Bertz CT molecular complexity index is 1170. The molecule has 0 spiro atoms. The molecule has 0 bridgehead atoms. The molecule has 1 aliphatic rings. The lowest BCUT2D eigenvalue weighted by molar-refractivity contribution is -0.121. The van der Waals surface area contributed by atoms with Crippen molar-refractivity contribution in [3.8, 4) is 11.5 Å². The minimum atomic E-state index is -1.38. The van der Waals surface area contributed by atoms with Crippen molar-refractivity contribution < 1.29 is 27.4 Å². The van der Waals surface area contributed by atoms with Crippen LogP contribution in [-0.2, 0) is 4.79 Å². The minimum absolute atomic E-state index is 0.0649. The van der Waals surface area contributed by atoms with E-state index in [1.54, 1.807) is 12.1 Å².